The van der Waals surface area contributed by atoms with Crippen LogP contribution in [-0.2, 0) is 11.3 Å². The molecule has 0 radical (unpaired) electrons. The molecule has 2 unspecified atom stereocenters. The van der Waals surface area contributed by atoms with Gasteiger partial charge in [-0.2, -0.15) is 0 Å². The number of nitrogens with zero attached hydrogens (tertiary/aromatic N) is 2. The first kappa shape index (κ1) is 20.2. The number of anilines is 1. The summed E-state index contributed by atoms with van der Waals surface area (Å²) in [5.74, 6) is 0.353. The first-order valence-electron chi connectivity index (χ1n) is 10.5. The molecule has 3 heterocycles. The van der Waals surface area contributed by atoms with Gasteiger partial charge in [-0.1, -0.05) is 23.8 Å². The smallest absolute Gasteiger partial charge is 0.317 e. The van der Waals surface area contributed by atoms with Gasteiger partial charge in [-0.25, -0.2) is 4.79 Å². The number of hydrogen-bond donors (Lipinski definition) is 2. The van der Waals surface area contributed by atoms with E-state index in [0.29, 0.717) is 19.6 Å². The van der Waals surface area contributed by atoms with Gasteiger partial charge in [-0.15, -0.1) is 0 Å². The lowest BCUT2D eigenvalue weighted by atomic mass is 9.83. The number of benzene rings is 1. The number of pyridine rings is 1. The highest BCUT2D eigenvalue weighted by molar-refractivity contribution is 5.91. The van der Waals surface area contributed by atoms with Crippen LogP contribution in [0.1, 0.15) is 35.6 Å². The van der Waals surface area contributed by atoms with Crippen LogP contribution < -0.4 is 16.2 Å². The Morgan fingerprint density at radius 3 is 2.73 bits per heavy atom. The first-order chi connectivity index (χ1) is 14.4. The molecule has 0 aliphatic carbocycles. The second-order valence-electron chi connectivity index (χ2n) is 8.45. The fourth-order valence-corrected chi connectivity index (χ4v) is 4.62. The van der Waals surface area contributed by atoms with Crippen molar-refractivity contribution in [1.82, 2.24) is 14.8 Å². The number of fused-ring (bicyclic) bond motifs is 4. The van der Waals surface area contributed by atoms with E-state index in [2.05, 4.69) is 10.6 Å². The monoisotopic (exact) mass is 408 g/mol. The number of hydrogen-bond acceptors (Lipinski definition) is 3. The quantitative estimate of drug-likeness (QED) is 0.816. The number of piperidine rings is 1. The average molecular weight is 409 g/mol. The number of aryl methyl sites for hydroxylation is 2. The van der Waals surface area contributed by atoms with Gasteiger partial charge in [0.1, 0.15) is 0 Å². The molecule has 2 atom stereocenters. The molecule has 158 valence electrons. The summed E-state index contributed by atoms with van der Waals surface area (Å²) in [6, 6.07) is 11.1. The molecule has 2 aliphatic heterocycles. The lowest BCUT2D eigenvalue weighted by Crippen LogP contribution is -2.52. The van der Waals surface area contributed by atoms with Gasteiger partial charge in [0, 0.05) is 56.0 Å². The van der Waals surface area contributed by atoms with Crippen LogP contribution in [0.2, 0.25) is 0 Å². The summed E-state index contributed by atoms with van der Waals surface area (Å²) in [5.41, 5.74) is 4.02. The van der Waals surface area contributed by atoms with E-state index in [0.717, 1.165) is 28.9 Å². The molecule has 0 saturated carbocycles. The summed E-state index contributed by atoms with van der Waals surface area (Å²) in [4.78, 5) is 38.8. The van der Waals surface area contributed by atoms with Crippen LogP contribution in [0.5, 0.6) is 0 Å². The summed E-state index contributed by atoms with van der Waals surface area (Å²) in [7, 11) is 0. The number of aromatic nitrogens is 1. The molecule has 2 aromatic rings. The van der Waals surface area contributed by atoms with E-state index in [1.165, 1.54) is 0 Å². The van der Waals surface area contributed by atoms with Gasteiger partial charge in [0.05, 0.1) is 0 Å². The van der Waals surface area contributed by atoms with Crippen molar-refractivity contribution >= 4 is 17.6 Å². The predicted molar refractivity (Wildman–Crippen MR) is 116 cm³/mol. The Kier molecular flexibility index (Phi) is 5.61. The van der Waals surface area contributed by atoms with Gasteiger partial charge in [-0.05, 0) is 43.9 Å². The van der Waals surface area contributed by atoms with Crippen LogP contribution in [0, 0.1) is 19.8 Å². The van der Waals surface area contributed by atoms with Gasteiger partial charge < -0.3 is 20.1 Å². The van der Waals surface area contributed by atoms with Crippen LogP contribution in [0.3, 0.4) is 0 Å². The Balaban J connectivity index is 1.29. The van der Waals surface area contributed by atoms with E-state index in [4.69, 9.17) is 0 Å². The number of likely N-dealkylation sites (tertiary alicyclic amines) is 1. The summed E-state index contributed by atoms with van der Waals surface area (Å²) < 4.78 is 1.85. The summed E-state index contributed by atoms with van der Waals surface area (Å²) in [6.45, 7) is 6.16. The molecular weight excluding hydrogens is 380 g/mol. The van der Waals surface area contributed by atoms with E-state index in [1.54, 1.807) is 12.1 Å². The van der Waals surface area contributed by atoms with Crippen LogP contribution >= 0.6 is 0 Å². The minimum absolute atomic E-state index is 0.0370. The highest BCUT2D eigenvalue weighted by Crippen LogP contribution is 2.34. The van der Waals surface area contributed by atoms with Crippen molar-refractivity contribution in [2.24, 2.45) is 5.92 Å². The van der Waals surface area contributed by atoms with Crippen molar-refractivity contribution < 1.29 is 9.59 Å². The highest BCUT2D eigenvalue weighted by Gasteiger charge is 2.36. The van der Waals surface area contributed by atoms with E-state index in [9.17, 15) is 14.4 Å². The zero-order valence-electron chi connectivity index (χ0n) is 17.5. The van der Waals surface area contributed by atoms with Gasteiger partial charge in [0.25, 0.3) is 5.56 Å². The van der Waals surface area contributed by atoms with Gasteiger partial charge >= 0.3 is 6.03 Å². The fourth-order valence-electron chi connectivity index (χ4n) is 4.62. The molecule has 7 heteroatoms. The second-order valence-corrected chi connectivity index (χ2v) is 8.45. The summed E-state index contributed by atoms with van der Waals surface area (Å²) >= 11 is 0. The lowest BCUT2D eigenvalue weighted by Gasteiger charge is -2.42. The fraction of sp³-hybridized carbons (Fsp3) is 0.435. The third-order valence-corrected chi connectivity index (χ3v) is 6.05. The van der Waals surface area contributed by atoms with E-state index < -0.39 is 0 Å². The molecule has 3 amide bonds. The topological polar surface area (TPSA) is 83.4 Å². The van der Waals surface area contributed by atoms with Crippen molar-refractivity contribution in [2.75, 3.05) is 25.0 Å². The van der Waals surface area contributed by atoms with Crippen molar-refractivity contribution in [3.63, 3.8) is 0 Å². The number of rotatable bonds is 4. The van der Waals surface area contributed by atoms with Crippen molar-refractivity contribution in [3.8, 4) is 0 Å². The third kappa shape index (κ3) is 4.25. The molecule has 7 nitrogen and oxygen atoms in total. The van der Waals surface area contributed by atoms with E-state index >= 15 is 0 Å². The summed E-state index contributed by atoms with van der Waals surface area (Å²) in [6.07, 6.45) is 1.23. The SMILES string of the molecule is Cc1ccc(NC(=O)CCNC(=O)N2CC3CC(C2)c2cccc(=O)n2C3)c(C)c1. The standard InChI is InChI=1S/C23H28N4O3/c1-15-6-7-19(16(2)10-15)25-21(28)8-9-24-23(30)26-12-17-11-18(14-26)20-4-3-5-22(29)27(20)13-17/h3-7,10,17-18H,8-9,11-14H2,1-2H3,(H,24,30)(H,25,28). The zero-order valence-corrected chi connectivity index (χ0v) is 17.5. The van der Waals surface area contributed by atoms with Gasteiger partial charge in [0.15, 0.2) is 0 Å². The first-order valence-corrected chi connectivity index (χ1v) is 10.5. The maximum absolute atomic E-state index is 12.7. The van der Waals surface area contributed by atoms with Crippen molar-refractivity contribution in [2.45, 2.75) is 39.2 Å². The number of amides is 3. The number of carbonyl (C=O) groups excluding carboxylic acids is 2. The lowest BCUT2D eigenvalue weighted by molar-refractivity contribution is -0.116. The largest absolute Gasteiger partial charge is 0.337 e. The van der Waals surface area contributed by atoms with E-state index in [-0.39, 0.29) is 42.3 Å². The molecule has 4 rings (SSSR count). The average Bonchev–Trinajstić information content (AvgIpc) is 2.71. The Morgan fingerprint density at radius 1 is 1.10 bits per heavy atom. The van der Waals surface area contributed by atoms with Crippen LogP contribution in [0.15, 0.2) is 41.2 Å². The molecule has 30 heavy (non-hydrogen) atoms. The normalized spacial score (nSPS) is 19.7. The number of urea groups is 1. The van der Waals surface area contributed by atoms with Crippen LogP contribution in [0.25, 0.3) is 0 Å². The Hall–Kier alpha value is -3.09. The van der Waals surface area contributed by atoms with Crippen LogP contribution in [0.4, 0.5) is 10.5 Å². The Labute approximate surface area is 176 Å². The minimum atomic E-state index is -0.143. The molecule has 1 aromatic carbocycles. The maximum atomic E-state index is 12.7. The second kappa shape index (κ2) is 8.34. The Morgan fingerprint density at radius 2 is 1.93 bits per heavy atom. The molecule has 1 saturated heterocycles. The molecule has 1 fully saturated rings. The number of carbonyl (C=O) groups is 2. The zero-order chi connectivity index (χ0) is 21.3. The molecule has 0 spiro atoms. The molecule has 2 bridgehead atoms. The van der Waals surface area contributed by atoms with Gasteiger partial charge in [-0.3, -0.25) is 9.59 Å². The van der Waals surface area contributed by atoms with Gasteiger partial charge in [0.2, 0.25) is 5.91 Å². The molecular formula is C23H28N4O3. The molecule has 1 aromatic heterocycles. The predicted octanol–water partition coefficient (Wildman–Crippen LogP) is 2.62. The molecule has 2 N–H and O–H groups in total. The minimum Gasteiger partial charge on any atom is -0.337 e. The van der Waals surface area contributed by atoms with E-state index in [1.807, 2.05) is 47.6 Å². The van der Waals surface area contributed by atoms with Crippen molar-refractivity contribution in [1.29, 1.82) is 0 Å². The Bertz CT molecular complexity index is 1030. The number of nitrogens with one attached hydrogen (secondary N) is 2. The third-order valence-electron chi connectivity index (χ3n) is 6.05. The van der Waals surface area contributed by atoms with Crippen molar-refractivity contribution in [3.05, 3.63) is 63.6 Å². The maximum Gasteiger partial charge on any atom is 0.317 e. The summed E-state index contributed by atoms with van der Waals surface area (Å²) in [5, 5.41) is 5.78. The molecule has 2 aliphatic rings. The van der Waals surface area contributed by atoms with Crippen LogP contribution in [-0.4, -0.2) is 41.0 Å². The highest BCUT2D eigenvalue weighted by atomic mass is 16.2.